The molecule has 0 amide bonds. The van der Waals surface area contributed by atoms with Crippen LogP contribution >= 0.6 is 11.3 Å². The van der Waals surface area contributed by atoms with Crippen LogP contribution in [0, 0.1) is 0 Å². The fourth-order valence-corrected chi connectivity index (χ4v) is 2.74. The maximum atomic E-state index is 5.94. The molecule has 1 heterocycles. The number of hydrogen-bond donors (Lipinski definition) is 2. The Hall–Kier alpha value is -0.380. The van der Waals surface area contributed by atoms with Gasteiger partial charge in [0.1, 0.15) is 0 Å². The van der Waals surface area contributed by atoms with Gasteiger partial charge in [0.25, 0.3) is 0 Å². The molecule has 3 heteroatoms. The maximum absolute atomic E-state index is 5.94. The van der Waals surface area contributed by atoms with E-state index in [4.69, 9.17) is 5.73 Å². The van der Waals surface area contributed by atoms with E-state index in [1.165, 1.54) is 24.8 Å². The smallest absolute Gasteiger partial charge is 0.0216 e. The van der Waals surface area contributed by atoms with Crippen molar-refractivity contribution < 1.29 is 0 Å². The lowest BCUT2D eigenvalue weighted by Gasteiger charge is -2.27. The highest BCUT2D eigenvalue weighted by Crippen LogP contribution is 2.17. The third-order valence-corrected chi connectivity index (χ3v) is 3.62. The SMILES string of the molecule is NC1CCCC(NCc2ccsc2)C1. The third-order valence-electron chi connectivity index (χ3n) is 2.89. The van der Waals surface area contributed by atoms with Gasteiger partial charge in [-0.15, -0.1) is 0 Å². The quantitative estimate of drug-likeness (QED) is 0.802. The van der Waals surface area contributed by atoms with Gasteiger partial charge in [0.05, 0.1) is 0 Å². The molecule has 1 fully saturated rings. The maximum Gasteiger partial charge on any atom is 0.0216 e. The van der Waals surface area contributed by atoms with E-state index in [2.05, 4.69) is 22.1 Å². The van der Waals surface area contributed by atoms with Gasteiger partial charge in [-0.2, -0.15) is 11.3 Å². The first kappa shape index (κ1) is 10.1. The second-order valence-corrected chi connectivity index (χ2v) is 4.92. The number of nitrogens with two attached hydrogens (primary N) is 1. The van der Waals surface area contributed by atoms with Crippen molar-refractivity contribution in [3.05, 3.63) is 22.4 Å². The standard InChI is InChI=1S/C11H18N2S/c12-10-2-1-3-11(6-10)13-7-9-4-5-14-8-9/h4-5,8,10-11,13H,1-3,6-7,12H2. The summed E-state index contributed by atoms with van der Waals surface area (Å²) in [5, 5.41) is 7.91. The van der Waals surface area contributed by atoms with E-state index in [9.17, 15) is 0 Å². The van der Waals surface area contributed by atoms with Crippen molar-refractivity contribution in [2.45, 2.75) is 44.3 Å². The number of thiophene rings is 1. The molecule has 78 valence electrons. The van der Waals surface area contributed by atoms with Crippen LogP contribution in [0.15, 0.2) is 16.8 Å². The molecule has 3 N–H and O–H groups in total. The van der Waals surface area contributed by atoms with Crippen molar-refractivity contribution in [3.63, 3.8) is 0 Å². The molecule has 2 nitrogen and oxygen atoms in total. The fraction of sp³-hybridized carbons (Fsp3) is 0.636. The molecule has 1 aromatic heterocycles. The zero-order chi connectivity index (χ0) is 9.80. The Morgan fingerprint density at radius 3 is 3.14 bits per heavy atom. The van der Waals surface area contributed by atoms with Crippen LogP contribution in [-0.4, -0.2) is 12.1 Å². The fourth-order valence-electron chi connectivity index (χ4n) is 2.07. The van der Waals surface area contributed by atoms with E-state index in [1.807, 2.05) is 0 Å². The molecule has 2 rings (SSSR count). The topological polar surface area (TPSA) is 38.0 Å². The van der Waals surface area contributed by atoms with Gasteiger partial charge in [-0.25, -0.2) is 0 Å². The lowest BCUT2D eigenvalue weighted by Crippen LogP contribution is -2.38. The minimum Gasteiger partial charge on any atom is -0.328 e. The number of hydrogen-bond acceptors (Lipinski definition) is 3. The van der Waals surface area contributed by atoms with Gasteiger partial charge in [-0.3, -0.25) is 0 Å². The molecule has 0 spiro atoms. The summed E-state index contributed by atoms with van der Waals surface area (Å²) in [4.78, 5) is 0. The summed E-state index contributed by atoms with van der Waals surface area (Å²) < 4.78 is 0. The first-order valence-electron chi connectivity index (χ1n) is 5.34. The molecular weight excluding hydrogens is 192 g/mol. The van der Waals surface area contributed by atoms with Gasteiger partial charge in [0.15, 0.2) is 0 Å². The molecule has 14 heavy (non-hydrogen) atoms. The van der Waals surface area contributed by atoms with Crippen molar-refractivity contribution in [3.8, 4) is 0 Å². The van der Waals surface area contributed by atoms with Crippen molar-refractivity contribution in [2.24, 2.45) is 5.73 Å². The molecule has 2 unspecified atom stereocenters. The molecule has 1 aliphatic carbocycles. The molecule has 1 aromatic rings. The van der Waals surface area contributed by atoms with E-state index in [1.54, 1.807) is 11.3 Å². The average Bonchev–Trinajstić information content (AvgIpc) is 2.67. The molecule has 0 aliphatic heterocycles. The second kappa shape index (κ2) is 4.91. The lowest BCUT2D eigenvalue weighted by atomic mass is 9.91. The minimum atomic E-state index is 0.420. The summed E-state index contributed by atoms with van der Waals surface area (Å²) in [5.74, 6) is 0. The van der Waals surface area contributed by atoms with E-state index in [-0.39, 0.29) is 0 Å². The van der Waals surface area contributed by atoms with E-state index in [0.717, 1.165) is 13.0 Å². The van der Waals surface area contributed by atoms with Crippen LogP contribution in [0.1, 0.15) is 31.2 Å². The molecule has 0 saturated heterocycles. The minimum absolute atomic E-state index is 0.420. The van der Waals surface area contributed by atoms with Gasteiger partial charge in [0, 0.05) is 18.6 Å². The lowest BCUT2D eigenvalue weighted by molar-refractivity contribution is 0.338. The Morgan fingerprint density at radius 2 is 2.43 bits per heavy atom. The Kier molecular flexibility index (Phi) is 3.56. The van der Waals surface area contributed by atoms with Crippen molar-refractivity contribution in [2.75, 3.05) is 0 Å². The highest BCUT2D eigenvalue weighted by Gasteiger charge is 2.18. The third kappa shape index (κ3) is 2.80. The molecule has 2 atom stereocenters. The van der Waals surface area contributed by atoms with Crippen molar-refractivity contribution in [1.29, 1.82) is 0 Å². The summed E-state index contributed by atoms with van der Waals surface area (Å²) in [6.07, 6.45) is 4.92. The van der Waals surface area contributed by atoms with Gasteiger partial charge in [0.2, 0.25) is 0 Å². The van der Waals surface area contributed by atoms with Crippen LogP contribution in [-0.2, 0) is 6.54 Å². The summed E-state index contributed by atoms with van der Waals surface area (Å²) in [6, 6.07) is 3.24. The van der Waals surface area contributed by atoms with Gasteiger partial charge in [-0.1, -0.05) is 6.42 Å². The van der Waals surface area contributed by atoms with Crippen LogP contribution < -0.4 is 11.1 Å². The molecular formula is C11H18N2S. The number of rotatable bonds is 3. The first-order valence-corrected chi connectivity index (χ1v) is 6.29. The summed E-state index contributed by atoms with van der Waals surface area (Å²) in [6.45, 7) is 1.00. The predicted octanol–water partition coefficient (Wildman–Crippen LogP) is 2.11. The van der Waals surface area contributed by atoms with Crippen LogP contribution in [0.2, 0.25) is 0 Å². The van der Waals surface area contributed by atoms with Gasteiger partial charge >= 0.3 is 0 Å². The van der Waals surface area contributed by atoms with Crippen molar-refractivity contribution in [1.82, 2.24) is 5.32 Å². The molecule has 0 radical (unpaired) electrons. The largest absolute Gasteiger partial charge is 0.328 e. The summed E-state index contributed by atoms with van der Waals surface area (Å²) >= 11 is 1.76. The van der Waals surface area contributed by atoms with Crippen LogP contribution in [0.4, 0.5) is 0 Å². The molecule has 1 saturated carbocycles. The average molecular weight is 210 g/mol. The normalized spacial score (nSPS) is 27.8. The summed E-state index contributed by atoms with van der Waals surface area (Å²) in [5.41, 5.74) is 7.33. The Balaban J connectivity index is 1.75. The van der Waals surface area contributed by atoms with Crippen molar-refractivity contribution >= 4 is 11.3 Å². The van der Waals surface area contributed by atoms with Crippen LogP contribution in [0.3, 0.4) is 0 Å². The van der Waals surface area contributed by atoms with E-state index in [0.29, 0.717) is 12.1 Å². The highest BCUT2D eigenvalue weighted by molar-refractivity contribution is 7.07. The van der Waals surface area contributed by atoms with Gasteiger partial charge < -0.3 is 11.1 Å². The molecule has 0 aromatic carbocycles. The molecule has 1 aliphatic rings. The van der Waals surface area contributed by atoms with E-state index < -0.39 is 0 Å². The van der Waals surface area contributed by atoms with Crippen LogP contribution in [0.25, 0.3) is 0 Å². The Bertz CT molecular complexity index is 258. The van der Waals surface area contributed by atoms with Crippen LogP contribution in [0.5, 0.6) is 0 Å². The Morgan fingerprint density at radius 1 is 1.50 bits per heavy atom. The monoisotopic (exact) mass is 210 g/mol. The predicted molar refractivity (Wildman–Crippen MR) is 61.4 cm³/mol. The molecule has 0 bridgehead atoms. The van der Waals surface area contributed by atoms with E-state index >= 15 is 0 Å². The number of nitrogens with one attached hydrogen (secondary N) is 1. The zero-order valence-corrected chi connectivity index (χ0v) is 9.22. The second-order valence-electron chi connectivity index (χ2n) is 4.14. The first-order chi connectivity index (χ1) is 6.84. The Labute approximate surface area is 89.5 Å². The van der Waals surface area contributed by atoms with Gasteiger partial charge in [-0.05, 0) is 41.7 Å². The summed E-state index contributed by atoms with van der Waals surface area (Å²) in [7, 11) is 0. The highest BCUT2D eigenvalue weighted by atomic mass is 32.1. The zero-order valence-electron chi connectivity index (χ0n) is 8.41.